The number of hydrogen-bond acceptors (Lipinski definition) is 3. The van der Waals surface area contributed by atoms with E-state index >= 15 is 0 Å². The summed E-state index contributed by atoms with van der Waals surface area (Å²) in [4.78, 5) is 0. The lowest BCUT2D eigenvalue weighted by Gasteiger charge is -2.22. The molecule has 0 aliphatic carbocycles. The molecule has 3 N–H and O–H groups in total. The number of rotatable bonds is 5. The van der Waals surface area contributed by atoms with Crippen LogP contribution in [0.15, 0.2) is 18.2 Å². The zero-order chi connectivity index (χ0) is 13.0. The third-order valence-electron chi connectivity index (χ3n) is 3.60. The van der Waals surface area contributed by atoms with Crippen molar-refractivity contribution in [1.29, 1.82) is 0 Å². The van der Waals surface area contributed by atoms with Crippen LogP contribution in [0.4, 0.5) is 5.69 Å². The summed E-state index contributed by atoms with van der Waals surface area (Å²) in [5, 5.41) is 16.6. The Bertz CT molecular complexity index is 390. The summed E-state index contributed by atoms with van der Waals surface area (Å²) in [5.74, 6) is 0.306. The second-order valence-electron chi connectivity index (χ2n) is 5.42. The first-order chi connectivity index (χ1) is 8.68. The fraction of sp³-hybridized carbons (Fsp3) is 0.600. The van der Waals surface area contributed by atoms with Crippen molar-refractivity contribution in [1.82, 2.24) is 5.32 Å². The quantitative estimate of drug-likeness (QED) is 0.748. The highest BCUT2D eigenvalue weighted by Crippen LogP contribution is 2.25. The number of anilines is 1. The number of aryl methyl sites for hydroxylation is 1. The third-order valence-corrected chi connectivity index (χ3v) is 3.60. The van der Waals surface area contributed by atoms with Crippen molar-refractivity contribution in [2.45, 2.75) is 39.3 Å². The molecule has 1 atom stereocenters. The Labute approximate surface area is 110 Å². The van der Waals surface area contributed by atoms with Crippen molar-refractivity contribution in [2.24, 2.45) is 5.92 Å². The van der Waals surface area contributed by atoms with Crippen LogP contribution in [0.25, 0.3) is 0 Å². The fourth-order valence-corrected chi connectivity index (χ4v) is 2.32. The highest BCUT2D eigenvalue weighted by molar-refractivity contribution is 5.59. The largest absolute Gasteiger partial charge is 0.392 e. The second kappa shape index (κ2) is 6.21. The first kappa shape index (κ1) is 13.4. The summed E-state index contributed by atoms with van der Waals surface area (Å²) in [5.41, 5.74) is 4.03. The van der Waals surface area contributed by atoms with Crippen molar-refractivity contribution in [3.05, 3.63) is 29.3 Å². The SMILES string of the molecule is CC(C)C(O)CNCc1cccc2c1NCCC2. The molecule has 0 saturated heterocycles. The van der Waals surface area contributed by atoms with Gasteiger partial charge in [0.1, 0.15) is 0 Å². The molecule has 0 bridgehead atoms. The minimum atomic E-state index is -0.266. The van der Waals surface area contributed by atoms with Gasteiger partial charge in [-0.1, -0.05) is 32.0 Å². The number of para-hydroxylation sites is 1. The van der Waals surface area contributed by atoms with Crippen molar-refractivity contribution in [3.63, 3.8) is 0 Å². The molecule has 1 unspecified atom stereocenters. The van der Waals surface area contributed by atoms with E-state index in [1.165, 1.54) is 29.7 Å². The van der Waals surface area contributed by atoms with E-state index in [-0.39, 0.29) is 6.10 Å². The summed E-state index contributed by atoms with van der Waals surface area (Å²) in [6.45, 7) is 6.62. The zero-order valence-corrected chi connectivity index (χ0v) is 11.4. The third kappa shape index (κ3) is 3.24. The number of aliphatic hydroxyl groups excluding tert-OH is 1. The van der Waals surface area contributed by atoms with E-state index in [9.17, 15) is 5.11 Å². The predicted molar refractivity (Wildman–Crippen MR) is 75.8 cm³/mol. The van der Waals surface area contributed by atoms with Crippen molar-refractivity contribution < 1.29 is 5.11 Å². The van der Waals surface area contributed by atoms with E-state index in [0.29, 0.717) is 12.5 Å². The van der Waals surface area contributed by atoms with Gasteiger partial charge in [0, 0.05) is 25.3 Å². The average molecular weight is 248 g/mol. The maximum Gasteiger partial charge on any atom is 0.0687 e. The standard InChI is InChI=1S/C15H24N2O/c1-11(2)14(18)10-16-9-13-6-3-5-12-7-4-8-17-15(12)13/h3,5-6,11,14,16-18H,4,7-10H2,1-2H3. The van der Waals surface area contributed by atoms with Crippen molar-refractivity contribution in [3.8, 4) is 0 Å². The molecular weight excluding hydrogens is 224 g/mol. The van der Waals surface area contributed by atoms with E-state index in [0.717, 1.165) is 13.1 Å². The van der Waals surface area contributed by atoms with E-state index < -0.39 is 0 Å². The van der Waals surface area contributed by atoms with Crippen LogP contribution in [0.2, 0.25) is 0 Å². The molecule has 1 aromatic carbocycles. The lowest BCUT2D eigenvalue weighted by Crippen LogP contribution is -2.30. The number of nitrogens with one attached hydrogen (secondary N) is 2. The first-order valence-electron chi connectivity index (χ1n) is 6.92. The molecule has 2 rings (SSSR count). The summed E-state index contributed by atoms with van der Waals surface area (Å²) in [6.07, 6.45) is 2.12. The molecule has 0 amide bonds. The van der Waals surface area contributed by atoms with Gasteiger partial charge in [-0.15, -0.1) is 0 Å². The Kier molecular flexibility index (Phi) is 4.61. The topological polar surface area (TPSA) is 44.3 Å². The normalized spacial score (nSPS) is 16.2. The maximum absolute atomic E-state index is 9.76. The van der Waals surface area contributed by atoms with Gasteiger partial charge >= 0.3 is 0 Å². The van der Waals surface area contributed by atoms with Crippen LogP contribution in [-0.2, 0) is 13.0 Å². The predicted octanol–water partition coefficient (Wildman–Crippen LogP) is 2.15. The highest BCUT2D eigenvalue weighted by Gasteiger charge is 2.13. The molecule has 100 valence electrons. The smallest absolute Gasteiger partial charge is 0.0687 e. The Morgan fingerprint density at radius 2 is 2.22 bits per heavy atom. The Balaban J connectivity index is 1.93. The molecule has 1 aliphatic heterocycles. The van der Waals surface area contributed by atoms with Gasteiger partial charge in [-0.25, -0.2) is 0 Å². The van der Waals surface area contributed by atoms with Crippen LogP contribution in [0, 0.1) is 5.92 Å². The van der Waals surface area contributed by atoms with Gasteiger partial charge in [0.25, 0.3) is 0 Å². The summed E-state index contributed by atoms with van der Waals surface area (Å²) in [7, 11) is 0. The molecule has 0 aromatic heterocycles. The maximum atomic E-state index is 9.76. The second-order valence-corrected chi connectivity index (χ2v) is 5.42. The number of hydrogen-bond donors (Lipinski definition) is 3. The van der Waals surface area contributed by atoms with Gasteiger partial charge in [0.2, 0.25) is 0 Å². The monoisotopic (exact) mass is 248 g/mol. The van der Waals surface area contributed by atoms with E-state index in [4.69, 9.17) is 0 Å². The van der Waals surface area contributed by atoms with Gasteiger partial charge in [-0.05, 0) is 29.9 Å². The zero-order valence-electron chi connectivity index (χ0n) is 11.4. The molecule has 18 heavy (non-hydrogen) atoms. The van der Waals surface area contributed by atoms with E-state index in [1.807, 2.05) is 13.8 Å². The van der Waals surface area contributed by atoms with Crippen LogP contribution in [0.3, 0.4) is 0 Å². The summed E-state index contributed by atoms with van der Waals surface area (Å²) in [6, 6.07) is 6.49. The fourth-order valence-electron chi connectivity index (χ4n) is 2.32. The lowest BCUT2D eigenvalue weighted by molar-refractivity contribution is 0.123. The van der Waals surface area contributed by atoms with Crippen LogP contribution in [0.5, 0.6) is 0 Å². The molecule has 1 aliphatic rings. The van der Waals surface area contributed by atoms with Gasteiger partial charge in [0.05, 0.1) is 6.10 Å². The minimum absolute atomic E-state index is 0.266. The van der Waals surface area contributed by atoms with Crippen LogP contribution in [-0.4, -0.2) is 24.3 Å². The Morgan fingerprint density at radius 3 is 3.00 bits per heavy atom. The molecular formula is C15H24N2O. The molecule has 3 heteroatoms. The van der Waals surface area contributed by atoms with Crippen molar-refractivity contribution in [2.75, 3.05) is 18.4 Å². The van der Waals surface area contributed by atoms with Gasteiger partial charge in [-0.3, -0.25) is 0 Å². The van der Waals surface area contributed by atoms with E-state index in [2.05, 4.69) is 28.8 Å². The highest BCUT2D eigenvalue weighted by atomic mass is 16.3. The molecule has 0 radical (unpaired) electrons. The van der Waals surface area contributed by atoms with Gasteiger partial charge in [-0.2, -0.15) is 0 Å². The molecule has 3 nitrogen and oxygen atoms in total. The van der Waals surface area contributed by atoms with Crippen LogP contribution in [0.1, 0.15) is 31.4 Å². The van der Waals surface area contributed by atoms with Crippen LogP contribution < -0.4 is 10.6 Å². The van der Waals surface area contributed by atoms with Crippen molar-refractivity contribution >= 4 is 5.69 Å². The van der Waals surface area contributed by atoms with Gasteiger partial charge < -0.3 is 15.7 Å². The molecule has 0 fully saturated rings. The lowest BCUT2D eigenvalue weighted by atomic mass is 9.99. The minimum Gasteiger partial charge on any atom is -0.392 e. The first-order valence-corrected chi connectivity index (χ1v) is 6.92. The Morgan fingerprint density at radius 1 is 1.39 bits per heavy atom. The number of benzene rings is 1. The summed E-state index contributed by atoms with van der Waals surface area (Å²) >= 11 is 0. The summed E-state index contributed by atoms with van der Waals surface area (Å²) < 4.78 is 0. The molecule has 1 aromatic rings. The van der Waals surface area contributed by atoms with E-state index in [1.54, 1.807) is 0 Å². The number of fused-ring (bicyclic) bond motifs is 1. The molecule has 0 spiro atoms. The Hall–Kier alpha value is -1.06. The van der Waals surface area contributed by atoms with Gasteiger partial charge in [0.15, 0.2) is 0 Å². The number of aliphatic hydroxyl groups is 1. The molecule has 1 heterocycles. The van der Waals surface area contributed by atoms with Crippen LogP contribution >= 0.6 is 0 Å². The average Bonchev–Trinajstić information content (AvgIpc) is 2.38. The molecule has 0 saturated carbocycles.